The number of likely N-dealkylation sites (N-methyl/N-ethyl adjacent to an activating group) is 1. The van der Waals surface area contributed by atoms with Gasteiger partial charge in [0, 0.05) is 54.1 Å². The third-order valence-electron chi connectivity index (χ3n) is 7.75. The van der Waals surface area contributed by atoms with Crippen molar-refractivity contribution in [3.8, 4) is 11.1 Å². The second kappa shape index (κ2) is 11.9. The molecule has 2 fully saturated rings. The monoisotopic (exact) mass is 550 g/mol. The number of halogens is 2. The highest BCUT2D eigenvalue weighted by atomic mass is 35.5. The van der Waals surface area contributed by atoms with Gasteiger partial charge in [-0.25, -0.2) is 4.39 Å². The van der Waals surface area contributed by atoms with Crippen LogP contribution in [0.2, 0.25) is 5.02 Å². The van der Waals surface area contributed by atoms with Gasteiger partial charge >= 0.3 is 0 Å². The fraction of sp³-hybridized carbons (Fsp3) is 0.387. The molecule has 0 aromatic heterocycles. The Bertz CT molecular complexity index is 1320. The zero-order valence-electron chi connectivity index (χ0n) is 22.8. The molecule has 2 saturated heterocycles. The Balaban J connectivity index is 1.49. The summed E-state index contributed by atoms with van der Waals surface area (Å²) in [4.78, 5) is 20.0. The number of aryl methyl sites for hydroxylation is 1. The standard InChI is InChI=1S/C31H36ClFN4O2/c1-4-21-15-23(17-24(32)16-21)31(38)34-29-18-27(22-5-7-25(8-6-22)36-11-13-39-14-12-36)28(33)19-30(29)37-10-9-26(20-37)35(2)3/h5-8,15-19,26H,4,9-14,20H2,1-3H3,(H,34,38)/t26-/m1/s1. The number of benzene rings is 3. The quantitative estimate of drug-likeness (QED) is 0.395. The fourth-order valence-electron chi connectivity index (χ4n) is 5.38. The summed E-state index contributed by atoms with van der Waals surface area (Å²) < 4.78 is 21.2. The first-order chi connectivity index (χ1) is 18.8. The number of amides is 1. The van der Waals surface area contributed by atoms with Gasteiger partial charge in [0.25, 0.3) is 5.91 Å². The Hall–Kier alpha value is -3.13. The van der Waals surface area contributed by atoms with Crippen LogP contribution in [0, 0.1) is 5.82 Å². The summed E-state index contributed by atoms with van der Waals surface area (Å²) in [5.41, 5.74) is 5.05. The van der Waals surface area contributed by atoms with E-state index in [9.17, 15) is 4.79 Å². The van der Waals surface area contributed by atoms with Crippen LogP contribution in [-0.2, 0) is 11.2 Å². The van der Waals surface area contributed by atoms with Crippen LogP contribution < -0.4 is 15.1 Å². The summed E-state index contributed by atoms with van der Waals surface area (Å²) in [6, 6.07) is 17.0. The highest BCUT2D eigenvalue weighted by Gasteiger charge is 2.27. The lowest BCUT2D eigenvalue weighted by molar-refractivity contribution is 0.102. The van der Waals surface area contributed by atoms with Crippen LogP contribution in [0.3, 0.4) is 0 Å². The average molecular weight is 551 g/mol. The topological polar surface area (TPSA) is 48.1 Å². The van der Waals surface area contributed by atoms with Gasteiger partial charge in [0.1, 0.15) is 5.82 Å². The molecule has 0 bridgehead atoms. The smallest absolute Gasteiger partial charge is 0.255 e. The average Bonchev–Trinajstić information content (AvgIpc) is 3.45. The van der Waals surface area contributed by atoms with E-state index in [4.69, 9.17) is 16.3 Å². The van der Waals surface area contributed by atoms with Crippen LogP contribution in [0.1, 0.15) is 29.3 Å². The fourth-order valence-corrected chi connectivity index (χ4v) is 5.64. The van der Waals surface area contributed by atoms with Crippen molar-refractivity contribution in [3.05, 3.63) is 76.6 Å². The number of morpholine rings is 1. The van der Waals surface area contributed by atoms with Crippen molar-refractivity contribution in [2.24, 2.45) is 0 Å². The Labute approximate surface area is 235 Å². The first-order valence-corrected chi connectivity index (χ1v) is 14.0. The molecule has 1 N–H and O–H groups in total. The summed E-state index contributed by atoms with van der Waals surface area (Å²) in [5, 5.41) is 3.61. The first kappa shape index (κ1) is 27.4. The molecule has 2 aliphatic rings. The first-order valence-electron chi connectivity index (χ1n) is 13.6. The molecule has 6 nitrogen and oxygen atoms in total. The number of hydrogen-bond donors (Lipinski definition) is 1. The van der Waals surface area contributed by atoms with Gasteiger partial charge in [-0.05, 0) is 80.5 Å². The van der Waals surface area contributed by atoms with Gasteiger partial charge in [-0.2, -0.15) is 0 Å². The van der Waals surface area contributed by atoms with Gasteiger partial charge in [-0.3, -0.25) is 4.79 Å². The summed E-state index contributed by atoms with van der Waals surface area (Å²) in [7, 11) is 4.12. The maximum Gasteiger partial charge on any atom is 0.255 e. The molecule has 0 spiro atoms. The van der Waals surface area contributed by atoms with Gasteiger partial charge in [0.15, 0.2) is 0 Å². The zero-order chi connectivity index (χ0) is 27.5. The lowest BCUT2D eigenvalue weighted by Gasteiger charge is -2.29. The van der Waals surface area contributed by atoms with Crippen LogP contribution >= 0.6 is 11.6 Å². The Morgan fingerprint density at radius 1 is 1.05 bits per heavy atom. The van der Waals surface area contributed by atoms with Gasteiger partial charge in [0.05, 0.1) is 24.6 Å². The minimum atomic E-state index is -0.313. The maximum atomic E-state index is 15.7. The molecule has 1 atom stereocenters. The van der Waals surface area contributed by atoms with Crippen molar-refractivity contribution in [1.29, 1.82) is 0 Å². The Kier molecular flexibility index (Phi) is 8.40. The van der Waals surface area contributed by atoms with E-state index in [0.29, 0.717) is 46.8 Å². The van der Waals surface area contributed by atoms with E-state index in [1.807, 2.05) is 43.3 Å². The van der Waals surface area contributed by atoms with Crippen LogP contribution in [0.15, 0.2) is 54.6 Å². The second-order valence-electron chi connectivity index (χ2n) is 10.5. The predicted molar refractivity (Wildman–Crippen MR) is 158 cm³/mol. The molecule has 39 heavy (non-hydrogen) atoms. The van der Waals surface area contributed by atoms with E-state index < -0.39 is 0 Å². The van der Waals surface area contributed by atoms with E-state index in [1.165, 1.54) is 0 Å². The van der Waals surface area contributed by atoms with E-state index in [2.05, 4.69) is 34.1 Å². The molecule has 0 unspecified atom stereocenters. The molecule has 3 aromatic rings. The van der Waals surface area contributed by atoms with E-state index in [-0.39, 0.29) is 11.7 Å². The Morgan fingerprint density at radius 2 is 1.79 bits per heavy atom. The summed E-state index contributed by atoms with van der Waals surface area (Å²) in [6.07, 6.45) is 1.74. The highest BCUT2D eigenvalue weighted by Crippen LogP contribution is 2.37. The van der Waals surface area contributed by atoms with Crippen LogP contribution in [0.5, 0.6) is 0 Å². The third-order valence-corrected chi connectivity index (χ3v) is 7.97. The van der Waals surface area contributed by atoms with Crippen molar-refractivity contribution >= 4 is 34.6 Å². The molecular weight excluding hydrogens is 515 g/mol. The second-order valence-corrected chi connectivity index (χ2v) is 10.9. The number of nitrogens with zero attached hydrogens (tertiary/aromatic N) is 3. The number of carbonyl (C=O) groups is 1. The Morgan fingerprint density at radius 3 is 2.46 bits per heavy atom. The summed E-state index contributed by atoms with van der Waals surface area (Å²) in [6.45, 7) is 6.67. The number of rotatable bonds is 7. The molecule has 3 aromatic carbocycles. The third kappa shape index (κ3) is 6.21. The molecule has 2 heterocycles. The predicted octanol–water partition coefficient (Wildman–Crippen LogP) is 5.94. The number of hydrogen-bond acceptors (Lipinski definition) is 5. The van der Waals surface area contributed by atoms with Crippen LogP contribution in [0.4, 0.5) is 21.5 Å². The molecule has 2 aliphatic heterocycles. The largest absolute Gasteiger partial charge is 0.378 e. The molecule has 8 heteroatoms. The minimum absolute atomic E-state index is 0.267. The molecule has 1 amide bonds. The summed E-state index contributed by atoms with van der Waals surface area (Å²) in [5.74, 6) is -0.580. The van der Waals surface area contributed by atoms with Crippen molar-refractivity contribution in [2.45, 2.75) is 25.8 Å². The molecular formula is C31H36ClFN4O2. The number of ether oxygens (including phenoxy) is 1. The molecule has 0 aliphatic carbocycles. The van der Waals surface area contributed by atoms with Gasteiger partial charge in [0.2, 0.25) is 0 Å². The SMILES string of the molecule is CCc1cc(Cl)cc(C(=O)Nc2cc(-c3ccc(N4CCOCC4)cc3)c(F)cc2N2CC[C@@H](N(C)C)C2)c1. The lowest BCUT2D eigenvalue weighted by Crippen LogP contribution is -2.36. The maximum absolute atomic E-state index is 15.7. The van der Waals surface area contributed by atoms with E-state index in [0.717, 1.165) is 55.8 Å². The molecule has 0 radical (unpaired) electrons. The molecule has 0 saturated carbocycles. The van der Waals surface area contributed by atoms with Crippen LogP contribution in [-0.4, -0.2) is 70.3 Å². The summed E-state index contributed by atoms with van der Waals surface area (Å²) >= 11 is 6.30. The normalized spacial score (nSPS) is 17.6. The lowest BCUT2D eigenvalue weighted by atomic mass is 10.0. The highest BCUT2D eigenvalue weighted by molar-refractivity contribution is 6.31. The van der Waals surface area contributed by atoms with Crippen molar-refractivity contribution in [2.75, 3.05) is 68.6 Å². The number of nitrogens with one attached hydrogen (secondary N) is 1. The van der Waals surface area contributed by atoms with Crippen LogP contribution in [0.25, 0.3) is 11.1 Å². The van der Waals surface area contributed by atoms with Gasteiger partial charge in [-0.15, -0.1) is 0 Å². The minimum Gasteiger partial charge on any atom is -0.378 e. The van der Waals surface area contributed by atoms with E-state index >= 15 is 4.39 Å². The van der Waals surface area contributed by atoms with Gasteiger partial charge in [-0.1, -0.05) is 30.7 Å². The van der Waals surface area contributed by atoms with Crippen molar-refractivity contribution in [1.82, 2.24) is 4.90 Å². The van der Waals surface area contributed by atoms with Gasteiger partial charge < -0.3 is 24.8 Å². The molecule has 206 valence electrons. The van der Waals surface area contributed by atoms with Crippen molar-refractivity contribution < 1.29 is 13.9 Å². The number of anilines is 3. The van der Waals surface area contributed by atoms with Crippen molar-refractivity contribution in [3.63, 3.8) is 0 Å². The molecule has 5 rings (SSSR count). The van der Waals surface area contributed by atoms with E-state index in [1.54, 1.807) is 18.2 Å². The number of carbonyl (C=O) groups excluding carboxylic acids is 1. The zero-order valence-corrected chi connectivity index (χ0v) is 23.6.